The van der Waals surface area contributed by atoms with Gasteiger partial charge < -0.3 is 14.3 Å². The lowest BCUT2D eigenvalue weighted by Crippen LogP contribution is -2.44. The molecule has 3 heterocycles. The van der Waals surface area contributed by atoms with E-state index >= 15 is 0 Å². The summed E-state index contributed by atoms with van der Waals surface area (Å²) >= 11 is 0. The molecule has 10 rings (SSSR count). The van der Waals surface area contributed by atoms with E-state index in [4.69, 9.17) is 9.41 Å². The summed E-state index contributed by atoms with van der Waals surface area (Å²) in [5, 5.41) is 14.6. The summed E-state index contributed by atoms with van der Waals surface area (Å²) in [5.74, 6) is 0.859. The minimum atomic E-state index is -0.226. The zero-order valence-corrected chi connectivity index (χ0v) is 26.0. The molecule has 2 N–H and O–H groups in total. The first kappa shape index (κ1) is 27.0. The monoisotopic (exact) mass is 618 g/mol. The summed E-state index contributed by atoms with van der Waals surface area (Å²) in [4.78, 5) is 5.15. The van der Waals surface area contributed by atoms with Crippen LogP contribution in [0.4, 0.5) is 0 Å². The van der Waals surface area contributed by atoms with E-state index in [9.17, 15) is 0 Å². The molecule has 5 heteroatoms. The molecule has 0 amide bonds. The average Bonchev–Trinajstić information content (AvgIpc) is 3.69. The topological polar surface area (TPSA) is 54.5 Å². The SMILES string of the molecule is c1ccc(C2=NC(c3ccc4ccccc4c3)NC(c3ccc4c(c3)oc3cc(-n5c6ccccc6c6ccccc65)ccc34)N2)cc1. The van der Waals surface area contributed by atoms with Gasteiger partial charge in [0.1, 0.15) is 29.3 Å². The van der Waals surface area contributed by atoms with Gasteiger partial charge in [-0.3, -0.25) is 5.32 Å². The van der Waals surface area contributed by atoms with Gasteiger partial charge in [-0.1, -0.05) is 115 Å². The van der Waals surface area contributed by atoms with Gasteiger partial charge in [-0.05, 0) is 58.3 Å². The number of rotatable bonds is 4. The van der Waals surface area contributed by atoms with E-state index in [0.717, 1.165) is 50.2 Å². The number of hydrogen-bond acceptors (Lipinski definition) is 4. The van der Waals surface area contributed by atoms with E-state index < -0.39 is 0 Å². The van der Waals surface area contributed by atoms with Crippen LogP contribution in [0, 0.1) is 0 Å². The first-order chi connectivity index (χ1) is 23.8. The Morgan fingerprint density at radius 3 is 1.96 bits per heavy atom. The standard InChI is InChI=1S/C43H30N4O/c1-2-11-28(12-3-1)41-44-42(30-19-18-27-10-4-5-13-29(27)24-30)46-43(45-41)31-20-22-35-36-23-21-32(26-40(36)48-39(35)25-31)47-37-16-8-6-14-33(37)34-15-7-9-17-38(34)47/h1-26,42-43,46H,(H,44,45). The number of amidine groups is 1. The van der Waals surface area contributed by atoms with E-state index in [1.54, 1.807) is 0 Å². The van der Waals surface area contributed by atoms with Crippen LogP contribution in [0.2, 0.25) is 0 Å². The molecule has 0 saturated heterocycles. The smallest absolute Gasteiger partial charge is 0.137 e. The molecule has 5 nitrogen and oxygen atoms in total. The van der Waals surface area contributed by atoms with E-state index in [-0.39, 0.29) is 12.3 Å². The fraction of sp³-hybridized carbons (Fsp3) is 0.0465. The molecule has 2 unspecified atom stereocenters. The quantitative estimate of drug-likeness (QED) is 0.206. The Labute approximate surface area is 276 Å². The molecular formula is C43H30N4O. The molecule has 0 bridgehead atoms. The van der Waals surface area contributed by atoms with Crippen LogP contribution in [0.25, 0.3) is 60.2 Å². The van der Waals surface area contributed by atoms with Crippen LogP contribution in [0.3, 0.4) is 0 Å². The summed E-state index contributed by atoms with van der Waals surface area (Å²) in [7, 11) is 0. The number of para-hydroxylation sites is 2. The molecule has 2 aromatic heterocycles. The van der Waals surface area contributed by atoms with Crippen molar-refractivity contribution in [1.82, 2.24) is 15.2 Å². The molecule has 7 aromatic carbocycles. The Morgan fingerprint density at radius 2 is 1.17 bits per heavy atom. The van der Waals surface area contributed by atoms with Gasteiger partial charge in [-0.15, -0.1) is 0 Å². The lowest BCUT2D eigenvalue weighted by atomic mass is 10.0. The van der Waals surface area contributed by atoms with Gasteiger partial charge in [0.2, 0.25) is 0 Å². The Bertz CT molecular complexity index is 2650. The second-order valence-corrected chi connectivity index (χ2v) is 12.5. The van der Waals surface area contributed by atoms with Crippen LogP contribution >= 0.6 is 0 Å². The van der Waals surface area contributed by atoms with E-state index in [1.807, 2.05) is 6.07 Å². The summed E-state index contributed by atoms with van der Waals surface area (Å²) < 4.78 is 8.95. The molecule has 2 atom stereocenters. The molecule has 228 valence electrons. The van der Waals surface area contributed by atoms with Crippen molar-refractivity contribution in [3.8, 4) is 5.69 Å². The van der Waals surface area contributed by atoms with Gasteiger partial charge in [-0.2, -0.15) is 0 Å². The Hall–Kier alpha value is -6.17. The summed E-state index contributed by atoms with van der Waals surface area (Å²) in [5.41, 5.74) is 8.43. The number of nitrogens with one attached hydrogen (secondary N) is 2. The fourth-order valence-electron chi connectivity index (χ4n) is 7.32. The largest absolute Gasteiger partial charge is 0.456 e. The Balaban J connectivity index is 1.05. The zero-order valence-electron chi connectivity index (χ0n) is 26.0. The lowest BCUT2D eigenvalue weighted by Gasteiger charge is -2.32. The molecule has 0 spiro atoms. The van der Waals surface area contributed by atoms with Crippen molar-refractivity contribution in [3.63, 3.8) is 0 Å². The van der Waals surface area contributed by atoms with E-state index in [0.29, 0.717) is 0 Å². The highest BCUT2D eigenvalue weighted by atomic mass is 16.3. The molecule has 48 heavy (non-hydrogen) atoms. The van der Waals surface area contributed by atoms with E-state index in [1.165, 1.54) is 32.6 Å². The molecule has 0 saturated carbocycles. The maximum absolute atomic E-state index is 6.62. The Kier molecular flexibility index (Phi) is 6.01. The van der Waals surface area contributed by atoms with Crippen molar-refractivity contribution in [1.29, 1.82) is 0 Å². The molecule has 9 aromatic rings. The highest BCUT2D eigenvalue weighted by molar-refractivity contribution is 6.10. The van der Waals surface area contributed by atoms with Crippen LogP contribution < -0.4 is 10.6 Å². The van der Waals surface area contributed by atoms with Crippen LogP contribution in [0.1, 0.15) is 29.0 Å². The second-order valence-electron chi connectivity index (χ2n) is 12.5. The highest BCUT2D eigenvalue weighted by Gasteiger charge is 2.26. The van der Waals surface area contributed by atoms with Crippen molar-refractivity contribution in [3.05, 3.63) is 174 Å². The van der Waals surface area contributed by atoms with Gasteiger partial charge in [0.25, 0.3) is 0 Å². The van der Waals surface area contributed by atoms with Crippen molar-refractivity contribution in [2.75, 3.05) is 0 Å². The maximum atomic E-state index is 6.62. The third-order valence-corrected chi connectivity index (χ3v) is 9.65. The molecule has 0 radical (unpaired) electrons. The van der Waals surface area contributed by atoms with E-state index in [2.05, 4.69) is 167 Å². The molecule has 0 fully saturated rings. The fourth-order valence-corrected chi connectivity index (χ4v) is 7.32. The minimum absolute atomic E-state index is 0.181. The summed E-state index contributed by atoms with van der Waals surface area (Å²) in [6.07, 6.45) is -0.406. The van der Waals surface area contributed by atoms with Gasteiger partial charge in [0, 0.05) is 38.9 Å². The summed E-state index contributed by atoms with van der Waals surface area (Å²) in [6, 6.07) is 55.6. The first-order valence-corrected chi connectivity index (χ1v) is 16.4. The van der Waals surface area contributed by atoms with Crippen molar-refractivity contribution >= 4 is 60.4 Å². The number of hydrogen-bond donors (Lipinski definition) is 2. The van der Waals surface area contributed by atoms with Gasteiger partial charge in [0.05, 0.1) is 11.0 Å². The first-order valence-electron chi connectivity index (χ1n) is 16.4. The van der Waals surface area contributed by atoms with Crippen molar-refractivity contribution in [2.45, 2.75) is 12.3 Å². The number of aliphatic imine (C=N–C) groups is 1. The molecule has 0 aliphatic carbocycles. The van der Waals surface area contributed by atoms with Crippen LogP contribution in [-0.4, -0.2) is 10.4 Å². The third-order valence-electron chi connectivity index (χ3n) is 9.65. The maximum Gasteiger partial charge on any atom is 0.137 e. The van der Waals surface area contributed by atoms with Crippen molar-refractivity contribution in [2.24, 2.45) is 4.99 Å². The minimum Gasteiger partial charge on any atom is -0.456 e. The second kappa shape index (κ2) is 10.7. The molecular weight excluding hydrogens is 589 g/mol. The highest BCUT2D eigenvalue weighted by Crippen LogP contribution is 2.36. The lowest BCUT2D eigenvalue weighted by molar-refractivity contribution is 0.409. The predicted molar refractivity (Wildman–Crippen MR) is 197 cm³/mol. The number of furan rings is 1. The molecule has 1 aliphatic heterocycles. The van der Waals surface area contributed by atoms with Gasteiger partial charge >= 0.3 is 0 Å². The number of benzene rings is 7. The molecule has 1 aliphatic rings. The predicted octanol–water partition coefficient (Wildman–Crippen LogP) is 10.2. The number of aromatic nitrogens is 1. The normalized spacial score (nSPS) is 16.5. The van der Waals surface area contributed by atoms with Crippen LogP contribution in [0.15, 0.2) is 167 Å². The van der Waals surface area contributed by atoms with Crippen molar-refractivity contribution < 1.29 is 4.42 Å². The third kappa shape index (κ3) is 4.33. The summed E-state index contributed by atoms with van der Waals surface area (Å²) in [6.45, 7) is 0. The average molecular weight is 619 g/mol. The number of nitrogens with zero attached hydrogens (tertiary/aromatic N) is 2. The van der Waals surface area contributed by atoms with Crippen LogP contribution in [0.5, 0.6) is 0 Å². The van der Waals surface area contributed by atoms with Gasteiger partial charge in [0.15, 0.2) is 0 Å². The Morgan fingerprint density at radius 1 is 0.521 bits per heavy atom. The number of fused-ring (bicyclic) bond motifs is 7. The zero-order chi connectivity index (χ0) is 31.6. The van der Waals surface area contributed by atoms with Crippen LogP contribution in [-0.2, 0) is 0 Å². The van der Waals surface area contributed by atoms with Gasteiger partial charge in [-0.25, -0.2) is 4.99 Å².